The molecule has 1 aliphatic heterocycles. The van der Waals surface area contributed by atoms with Gasteiger partial charge in [-0.3, -0.25) is 9.89 Å². The Hall–Kier alpha value is -1.84. The van der Waals surface area contributed by atoms with E-state index < -0.39 is 12.7 Å². The van der Waals surface area contributed by atoms with E-state index in [4.69, 9.17) is 4.52 Å². The lowest BCUT2D eigenvalue weighted by Crippen LogP contribution is -2.45. The lowest BCUT2D eigenvalue weighted by molar-refractivity contribution is -0.143. The van der Waals surface area contributed by atoms with Crippen LogP contribution in [0.5, 0.6) is 0 Å². The van der Waals surface area contributed by atoms with Crippen molar-refractivity contribution in [3.05, 3.63) is 11.7 Å². The molecule has 1 aliphatic rings. The molecule has 1 atom stereocenters. The van der Waals surface area contributed by atoms with Gasteiger partial charge in [0.2, 0.25) is 5.89 Å². The fourth-order valence-electron chi connectivity index (χ4n) is 2.31. The number of aromatic nitrogens is 2. The highest BCUT2D eigenvalue weighted by atomic mass is 19.4. The maximum atomic E-state index is 12.4. The summed E-state index contributed by atoms with van der Waals surface area (Å²) in [5.41, 5.74) is 0. The van der Waals surface area contributed by atoms with Gasteiger partial charge in [-0.15, -0.1) is 0 Å². The predicted molar refractivity (Wildman–Crippen MR) is 73.3 cm³/mol. The number of rotatable bonds is 4. The van der Waals surface area contributed by atoms with Crippen molar-refractivity contribution in [2.75, 3.05) is 26.7 Å². The van der Waals surface area contributed by atoms with Crippen LogP contribution in [0.25, 0.3) is 0 Å². The fourth-order valence-corrected chi connectivity index (χ4v) is 2.31. The van der Waals surface area contributed by atoms with Crippen LogP contribution in [-0.2, 0) is 6.54 Å². The van der Waals surface area contributed by atoms with Crippen molar-refractivity contribution in [1.29, 1.82) is 0 Å². The maximum absolute atomic E-state index is 12.4. The molecule has 0 aliphatic carbocycles. The van der Waals surface area contributed by atoms with Gasteiger partial charge in [0.25, 0.3) is 0 Å². The van der Waals surface area contributed by atoms with E-state index >= 15 is 0 Å². The highest BCUT2D eigenvalue weighted by Crippen LogP contribution is 2.19. The normalized spacial score (nSPS) is 20.4. The molecule has 0 radical (unpaired) electrons. The van der Waals surface area contributed by atoms with Gasteiger partial charge in [-0.05, 0) is 6.42 Å². The zero-order chi connectivity index (χ0) is 16.2. The second kappa shape index (κ2) is 6.95. The highest BCUT2D eigenvalue weighted by Gasteiger charge is 2.34. The summed E-state index contributed by atoms with van der Waals surface area (Å²) in [6, 6.07) is -0.0689. The number of nitrogens with zero attached hydrogens (tertiary/aromatic N) is 4. The molecule has 2 heterocycles. The largest absolute Gasteiger partial charge is 0.401 e. The van der Waals surface area contributed by atoms with Crippen molar-refractivity contribution in [2.24, 2.45) is 4.99 Å². The summed E-state index contributed by atoms with van der Waals surface area (Å²) in [4.78, 5) is 9.47. The van der Waals surface area contributed by atoms with E-state index in [0.717, 1.165) is 0 Å². The number of likely N-dealkylation sites (tertiary alicyclic amines) is 1. The molecule has 2 N–H and O–H groups in total. The van der Waals surface area contributed by atoms with E-state index in [-0.39, 0.29) is 6.04 Å². The van der Waals surface area contributed by atoms with Crippen LogP contribution in [0.3, 0.4) is 0 Å². The zero-order valence-corrected chi connectivity index (χ0v) is 12.4. The third kappa shape index (κ3) is 5.17. The summed E-state index contributed by atoms with van der Waals surface area (Å²) >= 11 is 0. The molecule has 1 saturated heterocycles. The molecule has 1 fully saturated rings. The van der Waals surface area contributed by atoms with E-state index in [1.165, 1.54) is 4.90 Å². The van der Waals surface area contributed by atoms with Gasteiger partial charge in [-0.25, -0.2) is 0 Å². The molecule has 2 rings (SSSR count). The van der Waals surface area contributed by atoms with Gasteiger partial charge in [0.15, 0.2) is 11.8 Å². The summed E-state index contributed by atoms with van der Waals surface area (Å²) in [5, 5.41) is 9.85. The SMILES string of the molecule is CN=C(NCc1noc(C)n1)NC1CCN(CC(F)(F)F)C1. The molecular formula is C12H19F3N6O. The lowest BCUT2D eigenvalue weighted by Gasteiger charge is -2.19. The van der Waals surface area contributed by atoms with Crippen LogP contribution in [0.2, 0.25) is 0 Å². The van der Waals surface area contributed by atoms with E-state index in [0.29, 0.717) is 43.7 Å². The first-order valence-corrected chi connectivity index (χ1v) is 6.91. The predicted octanol–water partition coefficient (Wildman–Crippen LogP) is 0.680. The van der Waals surface area contributed by atoms with Crippen LogP contribution >= 0.6 is 0 Å². The van der Waals surface area contributed by atoms with E-state index in [2.05, 4.69) is 25.8 Å². The monoisotopic (exact) mass is 320 g/mol. The van der Waals surface area contributed by atoms with Crippen LogP contribution in [0.4, 0.5) is 13.2 Å². The Kier molecular flexibility index (Phi) is 5.22. The van der Waals surface area contributed by atoms with Crippen LogP contribution in [-0.4, -0.2) is 59.9 Å². The third-order valence-electron chi connectivity index (χ3n) is 3.22. The van der Waals surface area contributed by atoms with Crippen molar-refractivity contribution in [3.8, 4) is 0 Å². The van der Waals surface area contributed by atoms with Gasteiger partial charge in [0, 0.05) is 33.1 Å². The van der Waals surface area contributed by atoms with Gasteiger partial charge in [-0.2, -0.15) is 18.2 Å². The third-order valence-corrected chi connectivity index (χ3v) is 3.22. The number of halogens is 3. The van der Waals surface area contributed by atoms with Crippen molar-refractivity contribution < 1.29 is 17.7 Å². The molecule has 0 saturated carbocycles. The van der Waals surface area contributed by atoms with Crippen molar-refractivity contribution in [1.82, 2.24) is 25.7 Å². The van der Waals surface area contributed by atoms with Gasteiger partial charge in [-0.1, -0.05) is 5.16 Å². The van der Waals surface area contributed by atoms with E-state index in [1.54, 1.807) is 14.0 Å². The Morgan fingerprint density at radius 1 is 1.50 bits per heavy atom. The summed E-state index contributed by atoms with van der Waals surface area (Å²) in [6.45, 7) is 1.90. The molecule has 7 nitrogen and oxygen atoms in total. The fraction of sp³-hybridized carbons (Fsp3) is 0.750. The first-order chi connectivity index (χ1) is 10.4. The summed E-state index contributed by atoms with van der Waals surface area (Å²) in [6.07, 6.45) is -3.52. The smallest absolute Gasteiger partial charge is 0.352 e. The Labute approximate surface area is 126 Å². The summed E-state index contributed by atoms with van der Waals surface area (Å²) in [5.74, 6) is 1.46. The minimum atomic E-state index is -4.16. The topological polar surface area (TPSA) is 78.6 Å². The molecule has 1 aromatic heterocycles. The van der Waals surface area contributed by atoms with Gasteiger partial charge < -0.3 is 15.2 Å². The van der Waals surface area contributed by atoms with Gasteiger partial charge >= 0.3 is 6.18 Å². The van der Waals surface area contributed by atoms with Gasteiger partial charge in [0.05, 0.1) is 13.1 Å². The van der Waals surface area contributed by atoms with Crippen molar-refractivity contribution in [3.63, 3.8) is 0 Å². The van der Waals surface area contributed by atoms with Crippen molar-refractivity contribution in [2.45, 2.75) is 32.1 Å². The molecule has 22 heavy (non-hydrogen) atoms. The Morgan fingerprint density at radius 3 is 2.86 bits per heavy atom. The molecule has 124 valence electrons. The van der Waals surface area contributed by atoms with Crippen LogP contribution < -0.4 is 10.6 Å². The van der Waals surface area contributed by atoms with E-state index in [1.807, 2.05) is 0 Å². The lowest BCUT2D eigenvalue weighted by atomic mass is 10.3. The molecule has 0 amide bonds. The molecule has 1 aromatic rings. The molecular weight excluding hydrogens is 301 g/mol. The minimum absolute atomic E-state index is 0.0689. The zero-order valence-electron chi connectivity index (χ0n) is 12.4. The Morgan fingerprint density at radius 2 is 2.27 bits per heavy atom. The number of nitrogens with one attached hydrogen (secondary N) is 2. The molecule has 0 bridgehead atoms. The first-order valence-electron chi connectivity index (χ1n) is 6.91. The standard InChI is InChI=1S/C12H19F3N6O/c1-8-18-10(20-22-8)5-17-11(16-2)19-9-3-4-21(6-9)7-12(13,14)15/h9H,3-7H2,1-2H3,(H2,16,17,19). The second-order valence-corrected chi connectivity index (χ2v) is 5.14. The highest BCUT2D eigenvalue weighted by molar-refractivity contribution is 5.79. The van der Waals surface area contributed by atoms with E-state index in [9.17, 15) is 13.2 Å². The number of aliphatic imine (C=N–C) groups is 1. The summed E-state index contributed by atoms with van der Waals surface area (Å²) < 4.78 is 41.9. The second-order valence-electron chi connectivity index (χ2n) is 5.14. The quantitative estimate of drug-likeness (QED) is 0.627. The number of hydrogen-bond donors (Lipinski definition) is 2. The first kappa shape index (κ1) is 16.5. The van der Waals surface area contributed by atoms with Gasteiger partial charge in [0.1, 0.15) is 0 Å². The number of guanidine groups is 1. The average Bonchev–Trinajstić information content (AvgIpc) is 3.02. The maximum Gasteiger partial charge on any atom is 0.401 e. The van der Waals surface area contributed by atoms with Crippen LogP contribution in [0, 0.1) is 6.92 Å². The summed E-state index contributed by atoms with van der Waals surface area (Å²) in [7, 11) is 1.60. The van der Waals surface area contributed by atoms with Crippen molar-refractivity contribution >= 4 is 5.96 Å². The molecule has 0 aromatic carbocycles. The average molecular weight is 320 g/mol. The Bertz CT molecular complexity index is 515. The molecule has 0 spiro atoms. The Balaban J connectivity index is 1.77. The minimum Gasteiger partial charge on any atom is -0.352 e. The molecule has 1 unspecified atom stereocenters. The number of alkyl halides is 3. The van der Waals surface area contributed by atoms with Crippen LogP contribution in [0.1, 0.15) is 18.1 Å². The number of aryl methyl sites for hydroxylation is 1. The van der Waals surface area contributed by atoms with Crippen LogP contribution in [0.15, 0.2) is 9.52 Å². The number of hydrogen-bond acceptors (Lipinski definition) is 5. The molecule has 10 heteroatoms.